The summed E-state index contributed by atoms with van der Waals surface area (Å²) in [6.07, 6.45) is -0.255. The second kappa shape index (κ2) is 12.6. The predicted molar refractivity (Wildman–Crippen MR) is 130 cm³/mol. The average Bonchev–Trinajstić information content (AvgIpc) is 2.88. The topological polar surface area (TPSA) is 112 Å². The molecule has 9 heteroatoms. The van der Waals surface area contributed by atoms with Gasteiger partial charge in [-0.15, -0.1) is 0 Å². The third-order valence-electron chi connectivity index (χ3n) is 4.74. The van der Waals surface area contributed by atoms with Crippen LogP contribution < -0.4 is 24.8 Å². The molecule has 0 fully saturated rings. The Bertz CT molecular complexity index is 1160. The van der Waals surface area contributed by atoms with E-state index >= 15 is 0 Å². The Balaban J connectivity index is 1.39. The summed E-state index contributed by atoms with van der Waals surface area (Å²) in [6.45, 7) is -0.466. The Morgan fingerprint density at radius 1 is 0.686 bits per heavy atom. The molecule has 0 unspecified atom stereocenters. The lowest BCUT2D eigenvalue weighted by molar-refractivity contribution is -0.147. The molecule has 0 heterocycles. The van der Waals surface area contributed by atoms with Crippen LogP contribution in [0.5, 0.6) is 23.0 Å². The van der Waals surface area contributed by atoms with Crippen LogP contribution in [0.1, 0.15) is 12.8 Å². The summed E-state index contributed by atoms with van der Waals surface area (Å²) in [7, 11) is 3.05. The van der Waals surface area contributed by atoms with Crippen molar-refractivity contribution in [2.24, 2.45) is 0 Å². The van der Waals surface area contributed by atoms with Crippen molar-refractivity contribution in [1.82, 2.24) is 0 Å². The standard InChI is InChI=1S/C26H26N2O7/c1-32-21-8-4-3-7-20(21)28-25(30)17-34-26(31)16-15-24(29)27-18-11-13-19(14-12-18)35-23-10-6-5-9-22(23)33-2/h3-14H,15-17H2,1-2H3,(H,27,29)(H,28,30). The minimum atomic E-state index is -0.657. The largest absolute Gasteiger partial charge is 0.495 e. The van der Waals surface area contributed by atoms with Crippen LogP contribution in [0.15, 0.2) is 72.8 Å². The number of hydrogen-bond donors (Lipinski definition) is 2. The number of amides is 2. The van der Waals surface area contributed by atoms with E-state index in [-0.39, 0.29) is 18.7 Å². The number of para-hydroxylation sites is 4. The van der Waals surface area contributed by atoms with Crippen molar-refractivity contribution < 1.29 is 33.3 Å². The van der Waals surface area contributed by atoms with E-state index in [1.54, 1.807) is 67.8 Å². The number of hydrogen-bond acceptors (Lipinski definition) is 7. The first-order valence-corrected chi connectivity index (χ1v) is 10.8. The van der Waals surface area contributed by atoms with E-state index in [9.17, 15) is 14.4 Å². The molecular weight excluding hydrogens is 452 g/mol. The second-order valence-corrected chi connectivity index (χ2v) is 7.23. The lowest BCUT2D eigenvalue weighted by Gasteiger charge is -2.11. The third-order valence-corrected chi connectivity index (χ3v) is 4.74. The van der Waals surface area contributed by atoms with Crippen molar-refractivity contribution in [3.8, 4) is 23.0 Å². The molecule has 0 bridgehead atoms. The van der Waals surface area contributed by atoms with Crippen LogP contribution in [0.3, 0.4) is 0 Å². The molecule has 0 aliphatic carbocycles. The molecule has 3 rings (SSSR count). The molecule has 35 heavy (non-hydrogen) atoms. The fraction of sp³-hybridized carbons (Fsp3) is 0.192. The number of rotatable bonds is 11. The quantitative estimate of drug-likeness (QED) is 0.393. The smallest absolute Gasteiger partial charge is 0.306 e. The van der Waals surface area contributed by atoms with Crippen LogP contribution >= 0.6 is 0 Å². The highest BCUT2D eigenvalue weighted by atomic mass is 16.5. The molecule has 2 amide bonds. The monoisotopic (exact) mass is 478 g/mol. The van der Waals surface area contributed by atoms with Crippen molar-refractivity contribution in [2.75, 3.05) is 31.5 Å². The second-order valence-electron chi connectivity index (χ2n) is 7.23. The molecule has 0 aliphatic heterocycles. The predicted octanol–water partition coefficient (Wildman–Crippen LogP) is 4.40. The van der Waals surface area contributed by atoms with E-state index < -0.39 is 18.5 Å². The van der Waals surface area contributed by atoms with Crippen molar-refractivity contribution in [2.45, 2.75) is 12.8 Å². The summed E-state index contributed by atoms with van der Waals surface area (Å²) in [5.41, 5.74) is 1.02. The van der Waals surface area contributed by atoms with Gasteiger partial charge in [0.2, 0.25) is 5.91 Å². The summed E-state index contributed by atoms with van der Waals surface area (Å²) < 4.78 is 21.1. The van der Waals surface area contributed by atoms with Gasteiger partial charge < -0.3 is 29.6 Å². The fourth-order valence-corrected chi connectivity index (χ4v) is 3.03. The number of ether oxygens (including phenoxy) is 4. The van der Waals surface area contributed by atoms with Crippen molar-refractivity contribution in [3.05, 3.63) is 72.8 Å². The zero-order valence-corrected chi connectivity index (χ0v) is 19.4. The van der Waals surface area contributed by atoms with Crippen molar-refractivity contribution in [3.63, 3.8) is 0 Å². The molecule has 0 saturated heterocycles. The fourth-order valence-electron chi connectivity index (χ4n) is 3.03. The lowest BCUT2D eigenvalue weighted by Crippen LogP contribution is -2.22. The van der Waals surface area contributed by atoms with Gasteiger partial charge in [-0.05, 0) is 48.5 Å². The number of carbonyl (C=O) groups excluding carboxylic acids is 3. The molecular formula is C26H26N2O7. The van der Waals surface area contributed by atoms with E-state index in [4.69, 9.17) is 18.9 Å². The van der Waals surface area contributed by atoms with E-state index in [1.165, 1.54) is 7.11 Å². The molecule has 2 N–H and O–H groups in total. The maximum atomic E-state index is 12.2. The minimum Gasteiger partial charge on any atom is -0.495 e. The Morgan fingerprint density at radius 3 is 2.00 bits per heavy atom. The molecule has 3 aromatic carbocycles. The van der Waals surface area contributed by atoms with Crippen molar-refractivity contribution >= 4 is 29.2 Å². The van der Waals surface area contributed by atoms with Gasteiger partial charge in [-0.2, -0.15) is 0 Å². The Hall–Kier alpha value is -4.53. The first-order valence-electron chi connectivity index (χ1n) is 10.8. The maximum absolute atomic E-state index is 12.2. The number of benzene rings is 3. The third kappa shape index (κ3) is 7.78. The van der Waals surface area contributed by atoms with Gasteiger partial charge in [-0.25, -0.2) is 0 Å². The lowest BCUT2D eigenvalue weighted by atomic mass is 10.2. The maximum Gasteiger partial charge on any atom is 0.306 e. The summed E-state index contributed by atoms with van der Waals surface area (Å²) in [6, 6.07) is 20.9. The van der Waals surface area contributed by atoms with Gasteiger partial charge in [-0.3, -0.25) is 14.4 Å². The zero-order valence-electron chi connectivity index (χ0n) is 19.4. The van der Waals surface area contributed by atoms with E-state index in [0.717, 1.165) is 0 Å². The number of anilines is 2. The van der Waals surface area contributed by atoms with Crippen LogP contribution in [-0.2, 0) is 19.1 Å². The molecule has 0 atom stereocenters. The van der Waals surface area contributed by atoms with Gasteiger partial charge in [0, 0.05) is 12.1 Å². The Morgan fingerprint density at radius 2 is 1.31 bits per heavy atom. The Labute approximate surface area is 203 Å². The molecule has 0 aliphatic rings. The van der Waals surface area contributed by atoms with Gasteiger partial charge in [0.25, 0.3) is 5.91 Å². The van der Waals surface area contributed by atoms with Gasteiger partial charge in [0.15, 0.2) is 18.1 Å². The van der Waals surface area contributed by atoms with Crippen LogP contribution in [0.2, 0.25) is 0 Å². The van der Waals surface area contributed by atoms with Crippen LogP contribution in [0, 0.1) is 0 Å². The first kappa shape index (κ1) is 25.1. The average molecular weight is 479 g/mol. The summed E-state index contributed by atoms with van der Waals surface area (Å²) in [5.74, 6) is 0.707. The van der Waals surface area contributed by atoms with Crippen LogP contribution in [0.4, 0.5) is 11.4 Å². The molecule has 0 saturated carbocycles. The number of carbonyl (C=O) groups is 3. The minimum absolute atomic E-state index is 0.0908. The zero-order chi connectivity index (χ0) is 25.0. The Kier molecular flexibility index (Phi) is 9.07. The summed E-state index contributed by atoms with van der Waals surface area (Å²) in [4.78, 5) is 36.1. The summed E-state index contributed by atoms with van der Waals surface area (Å²) in [5, 5.41) is 5.30. The summed E-state index contributed by atoms with van der Waals surface area (Å²) >= 11 is 0. The van der Waals surface area contributed by atoms with E-state index in [1.807, 2.05) is 12.1 Å². The highest BCUT2D eigenvalue weighted by Gasteiger charge is 2.12. The SMILES string of the molecule is COc1ccccc1NC(=O)COC(=O)CCC(=O)Nc1ccc(Oc2ccccc2OC)cc1. The normalized spacial score (nSPS) is 10.1. The molecule has 0 radical (unpaired) electrons. The molecule has 182 valence electrons. The molecule has 9 nitrogen and oxygen atoms in total. The van der Waals surface area contributed by atoms with Crippen LogP contribution in [-0.4, -0.2) is 38.6 Å². The van der Waals surface area contributed by atoms with Gasteiger partial charge in [0.05, 0.1) is 26.3 Å². The highest BCUT2D eigenvalue weighted by molar-refractivity contribution is 5.95. The van der Waals surface area contributed by atoms with Crippen molar-refractivity contribution in [1.29, 1.82) is 0 Å². The van der Waals surface area contributed by atoms with E-state index in [2.05, 4.69) is 10.6 Å². The van der Waals surface area contributed by atoms with Gasteiger partial charge in [0.1, 0.15) is 11.5 Å². The van der Waals surface area contributed by atoms with E-state index in [0.29, 0.717) is 34.4 Å². The molecule has 0 aromatic heterocycles. The van der Waals surface area contributed by atoms with Gasteiger partial charge >= 0.3 is 5.97 Å². The number of esters is 1. The van der Waals surface area contributed by atoms with Gasteiger partial charge in [-0.1, -0.05) is 24.3 Å². The number of nitrogens with one attached hydrogen (secondary N) is 2. The van der Waals surface area contributed by atoms with Crippen LogP contribution in [0.25, 0.3) is 0 Å². The first-order chi connectivity index (χ1) is 17.0. The molecule has 0 spiro atoms. The molecule has 3 aromatic rings. The highest BCUT2D eigenvalue weighted by Crippen LogP contribution is 2.31. The number of methoxy groups -OCH3 is 2.